The van der Waals surface area contributed by atoms with E-state index in [1.807, 2.05) is 30.0 Å². The number of rotatable bonds is 3. The molecule has 1 N–H and O–H groups in total. The van der Waals surface area contributed by atoms with E-state index in [0.29, 0.717) is 18.7 Å². The zero-order valence-electron chi connectivity index (χ0n) is 11.8. The molecule has 1 heterocycles. The summed E-state index contributed by atoms with van der Waals surface area (Å²) in [5.74, 6) is -0.786. The third-order valence-corrected chi connectivity index (χ3v) is 3.83. The van der Waals surface area contributed by atoms with E-state index in [2.05, 4.69) is 11.0 Å². The zero-order chi connectivity index (χ0) is 14.7. The smallest absolute Gasteiger partial charge is 0.320 e. The number of carboxylic acids is 1. The van der Waals surface area contributed by atoms with Gasteiger partial charge in [-0.1, -0.05) is 6.07 Å². The van der Waals surface area contributed by atoms with Crippen LogP contribution >= 0.6 is 0 Å². The van der Waals surface area contributed by atoms with Gasteiger partial charge in [-0.2, -0.15) is 5.26 Å². The molecule has 0 saturated carbocycles. The van der Waals surface area contributed by atoms with Crippen molar-refractivity contribution in [2.75, 3.05) is 31.1 Å². The molecule has 1 aromatic rings. The van der Waals surface area contributed by atoms with Gasteiger partial charge in [0.2, 0.25) is 0 Å². The van der Waals surface area contributed by atoms with Crippen LogP contribution in [0.5, 0.6) is 0 Å². The summed E-state index contributed by atoms with van der Waals surface area (Å²) in [5.41, 5.74) is 2.70. The van der Waals surface area contributed by atoms with Gasteiger partial charge in [-0.25, -0.2) is 0 Å². The number of carboxylic acid groups (broad SMARTS) is 1. The second-order valence-electron chi connectivity index (χ2n) is 5.17. The van der Waals surface area contributed by atoms with Crippen LogP contribution in [0.3, 0.4) is 0 Å². The molecule has 1 fully saturated rings. The third-order valence-electron chi connectivity index (χ3n) is 3.83. The standard InChI is InChI=1S/C15H19N3O2/c1-11-3-4-14(13(9-11)10-16)18-7-5-17(6-8-18)12(2)15(19)20/h3-4,9,12H,5-8H2,1-2H3,(H,19,20). The Hall–Kier alpha value is -2.06. The Morgan fingerprint density at radius 1 is 1.35 bits per heavy atom. The number of hydrogen-bond donors (Lipinski definition) is 1. The Bertz CT molecular complexity index is 543. The van der Waals surface area contributed by atoms with Crippen LogP contribution in [-0.2, 0) is 4.79 Å². The highest BCUT2D eigenvalue weighted by Crippen LogP contribution is 2.23. The first-order valence-electron chi connectivity index (χ1n) is 6.75. The number of hydrogen-bond acceptors (Lipinski definition) is 4. The lowest BCUT2D eigenvalue weighted by Gasteiger charge is -2.38. The molecule has 0 bridgehead atoms. The van der Waals surface area contributed by atoms with Crippen molar-refractivity contribution in [3.8, 4) is 6.07 Å². The average Bonchev–Trinajstić information content (AvgIpc) is 2.46. The minimum absolute atomic E-state index is 0.453. The SMILES string of the molecule is Cc1ccc(N2CCN(C(C)C(=O)O)CC2)c(C#N)c1. The van der Waals surface area contributed by atoms with E-state index < -0.39 is 12.0 Å². The molecular formula is C15H19N3O2. The molecule has 1 aliphatic rings. The van der Waals surface area contributed by atoms with Crippen molar-refractivity contribution in [1.82, 2.24) is 4.90 Å². The van der Waals surface area contributed by atoms with Crippen molar-refractivity contribution in [1.29, 1.82) is 5.26 Å². The lowest BCUT2D eigenvalue weighted by atomic mass is 10.1. The molecule has 0 aliphatic carbocycles. The van der Waals surface area contributed by atoms with E-state index >= 15 is 0 Å². The van der Waals surface area contributed by atoms with Crippen LogP contribution in [0.15, 0.2) is 18.2 Å². The summed E-state index contributed by atoms with van der Waals surface area (Å²) < 4.78 is 0. The van der Waals surface area contributed by atoms with E-state index in [-0.39, 0.29) is 0 Å². The molecule has 0 amide bonds. The van der Waals surface area contributed by atoms with E-state index in [1.165, 1.54) is 0 Å². The van der Waals surface area contributed by atoms with Crippen LogP contribution < -0.4 is 4.90 Å². The summed E-state index contributed by atoms with van der Waals surface area (Å²) in [5, 5.41) is 18.3. The monoisotopic (exact) mass is 273 g/mol. The lowest BCUT2D eigenvalue weighted by molar-refractivity contribution is -0.142. The maximum absolute atomic E-state index is 11.0. The molecule has 1 saturated heterocycles. The first-order chi connectivity index (χ1) is 9.52. The molecule has 1 atom stereocenters. The molecule has 20 heavy (non-hydrogen) atoms. The van der Waals surface area contributed by atoms with Crippen molar-refractivity contribution in [2.45, 2.75) is 19.9 Å². The lowest BCUT2D eigenvalue weighted by Crippen LogP contribution is -2.51. The molecule has 1 aromatic carbocycles. The van der Waals surface area contributed by atoms with Gasteiger partial charge in [0.15, 0.2) is 0 Å². The van der Waals surface area contributed by atoms with Crippen LogP contribution in [-0.4, -0.2) is 48.2 Å². The Balaban J connectivity index is 2.08. The number of carbonyl (C=O) groups is 1. The van der Waals surface area contributed by atoms with Crippen molar-refractivity contribution < 1.29 is 9.90 Å². The van der Waals surface area contributed by atoms with Crippen molar-refractivity contribution in [3.05, 3.63) is 29.3 Å². The molecule has 0 spiro atoms. The van der Waals surface area contributed by atoms with Crippen LogP contribution in [0.25, 0.3) is 0 Å². The molecule has 0 radical (unpaired) electrons. The van der Waals surface area contributed by atoms with Gasteiger partial charge in [-0.3, -0.25) is 9.69 Å². The Morgan fingerprint density at radius 3 is 2.55 bits per heavy atom. The Kier molecular flexibility index (Phi) is 4.26. The summed E-state index contributed by atoms with van der Waals surface area (Å²) in [7, 11) is 0. The Morgan fingerprint density at radius 2 is 2.00 bits per heavy atom. The highest BCUT2D eigenvalue weighted by molar-refractivity contribution is 5.73. The minimum atomic E-state index is -0.786. The third kappa shape index (κ3) is 2.91. The molecule has 0 aromatic heterocycles. The second-order valence-corrected chi connectivity index (χ2v) is 5.17. The first kappa shape index (κ1) is 14.4. The minimum Gasteiger partial charge on any atom is -0.480 e. The van der Waals surface area contributed by atoms with Crippen molar-refractivity contribution in [2.24, 2.45) is 0 Å². The normalized spacial score (nSPS) is 17.6. The number of aryl methyl sites for hydroxylation is 1. The summed E-state index contributed by atoms with van der Waals surface area (Å²) in [4.78, 5) is 15.1. The molecule has 5 nitrogen and oxygen atoms in total. The van der Waals surface area contributed by atoms with E-state index in [4.69, 9.17) is 5.11 Å². The number of aliphatic carboxylic acids is 1. The van der Waals surface area contributed by atoms with E-state index in [1.54, 1.807) is 6.92 Å². The fraction of sp³-hybridized carbons (Fsp3) is 0.467. The predicted molar refractivity (Wildman–Crippen MR) is 76.8 cm³/mol. The van der Waals surface area contributed by atoms with Gasteiger partial charge in [-0.15, -0.1) is 0 Å². The van der Waals surface area contributed by atoms with Crippen LogP contribution in [0, 0.1) is 18.3 Å². The average molecular weight is 273 g/mol. The number of anilines is 1. The van der Waals surface area contributed by atoms with Gasteiger partial charge in [0, 0.05) is 26.2 Å². The largest absolute Gasteiger partial charge is 0.480 e. The van der Waals surface area contributed by atoms with Crippen LogP contribution in [0.1, 0.15) is 18.1 Å². The quantitative estimate of drug-likeness (QED) is 0.903. The fourth-order valence-electron chi connectivity index (χ4n) is 2.52. The van der Waals surface area contributed by atoms with Gasteiger partial charge >= 0.3 is 5.97 Å². The number of nitriles is 1. The highest BCUT2D eigenvalue weighted by Gasteiger charge is 2.25. The number of piperazine rings is 1. The van der Waals surface area contributed by atoms with E-state index in [0.717, 1.165) is 24.3 Å². The first-order valence-corrected chi connectivity index (χ1v) is 6.75. The van der Waals surface area contributed by atoms with Gasteiger partial charge in [0.1, 0.15) is 12.1 Å². The molecule has 1 aliphatic heterocycles. The predicted octanol–water partition coefficient (Wildman–Crippen LogP) is 1.46. The highest BCUT2D eigenvalue weighted by atomic mass is 16.4. The fourth-order valence-corrected chi connectivity index (χ4v) is 2.52. The van der Waals surface area contributed by atoms with E-state index in [9.17, 15) is 10.1 Å². The van der Waals surface area contributed by atoms with Crippen molar-refractivity contribution >= 4 is 11.7 Å². The Labute approximate surface area is 119 Å². The van der Waals surface area contributed by atoms with Gasteiger partial charge in [0.25, 0.3) is 0 Å². The van der Waals surface area contributed by atoms with Crippen LogP contribution in [0.2, 0.25) is 0 Å². The van der Waals surface area contributed by atoms with Gasteiger partial charge in [-0.05, 0) is 31.5 Å². The molecular weight excluding hydrogens is 254 g/mol. The van der Waals surface area contributed by atoms with Gasteiger partial charge < -0.3 is 10.0 Å². The second kappa shape index (κ2) is 5.93. The summed E-state index contributed by atoms with van der Waals surface area (Å²) >= 11 is 0. The summed E-state index contributed by atoms with van der Waals surface area (Å²) in [6, 6.07) is 7.65. The topological polar surface area (TPSA) is 67.6 Å². The van der Waals surface area contributed by atoms with Gasteiger partial charge in [0.05, 0.1) is 11.3 Å². The number of benzene rings is 1. The zero-order valence-corrected chi connectivity index (χ0v) is 11.8. The maximum Gasteiger partial charge on any atom is 0.320 e. The van der Waals surface area contributed by atoms with Crippen LogP contribution in [0.4, 0.5) is 5.69 Å². The molecule has 106 valence electrons. The maximum atomic E-state index is 11.0. The molecule has 5 heteroatoms. The van der Waals surface area contributed by atoms with Crippen molar-refractivity contribution in [3.63, 3.8) is 0 Å². The molecule has 2 rings (SSSR count). The summed E-state index contributed by atoms with van der Waals surface area (Å²) in [6.07, 6.45) is 0. The molecule has 1 unspecified atom stereocenters. The number of nitrogens with zero attached hydrogens (tertiary/aromatic N) is 3. The summed E-state index contributed by atoms with van der Waals surface area (Å²) in [6.45, 7) is 6.57.